The zero-order valence-corrected chi connectivity index (χ0v) is 12.3. The summed E-state index contributed by atoms with van der Waals surface area (Å²) in [6, 6.07) is 3.63. The van der Waals surface area contributed by atoms with Gasteiger partial charge in [-0.1, -0.05) is 6.42 Å². The number of sulfone groups is 1. The van der Waals surface area contributed by atoms with Gasteiger partial charge >= 0.3 is 0 Å². The minimum Gasteiger partial charge on any atom is -0.486 e. The van der Waals surface area contributed by atoms with Crippen molar-refractivity contribution in [2.75, 3.05) is 19.0 Å². The minimum absolute atomic E-state index is 0.247. The van der Waals surface area contributed by atoms with Gasteiger partial charge in [-0.15, -0.1) is 0 Å². The quantitative estimate of drug-likeness (QED) is 0.871. The normalized spacial score (nSPS) is 24.1. The van der Waals surface area contributed by atoms with Crippen LogP contribution in [0.1, 0.15) is 30.3 Å². The Balaban J connectivity index is 1.80. The summed E-state index contributed by atoms with van der Waals surface area (Å²) in [6.07, 6.45) is 2.30. The van der Waals surface area contributed by atoms with Crippen LogP contribution in [0, 0.1) is 0 Å². The highest BCUT2D eigenvalue weighted by atomic mass is 32.2. The van der Waals surface area contributed by atoms with Gasteiger partial charge in [0.1, 0.15) is 24.3 Å². The summed E-state index contributed by atoms with van der Waals surface area (Å²) in [6.45, 7) is 1.04. The molecule has 1 aromatic heterocycles. The Morgan fingerprint density at radius 2 is 1.90 bits per heavy atom. The van der Waals surface area contributed by atoms with Gasteiger partial charge in [-0.3, -0.25) is 0 Å². The van der Waals surface area contributed by atoms with Crippen LogP contribution in [0.25, 0.3) is 11.0 Å². The summed E-state index contributed by atoms with van der Waals surface area (Å²) in [5, 5.41) is -0.516. The fourth-order valence-electron chi connectivity index (χ4n) is 2.98. The molecule has 0 radical (unpaired) electrons. The van der Waals surface area contributed by atoms with Gasteiger partial charge in [-0.25, -0.2) is 13.4 Å². The molecular formula is C14H16N2O4S. The van der Waals surface area contributed by atoms with Crippen molar-refractivity contribution in [3.63, 3.8) is 0 Å². The summed E-state index contributed by atoms with van der Waals surface area (Å²) >= 11 is 0. The van der Waals surface area contributed by atoms with Crippen molar-refractivity contribution in [3.05, 3.63) is 18.0 Å². The average molecular weight is 308 g/mol. The number of hydrogen-bond donors (Lipinski definition) is 1. The highest BCUT2D eigenvalue weighted by Crippen LogP contribution is 2.37. The molecular weight excluding hydrogens is 292 g/mol. The Bertz CT molecular complexity index is 754. The Morgan fingerprint density at radius 3 is 2.67 bits per heavy atom. The fraction of sp³-hybridized carbons (Fsp3) is 0.500. The van der Waals surface area contributed by atoms with Gasteiger partial charge in [0.05, 0.1) is 16.8 Å². The first-order valence-electron chi connectivity index (χ1n) is 7.14. The summed E-state index contributed by atoms with van der Waals surface area (Å²) in [5.74, 6) is 2.12. The maximum absolute atomic E-state index is 12.2. The Morgan fingerprint density at radius 1 is 1.14 bits per heavy atom. The van der Waals surface area contributed by atoms with Gasteiger partial charge in [-0.2, -0.15) is 0 Å². The van der Waals surface area contributed by atoms with Crippen LogP contribution in [0.2, 0.25) is 0 Å². The van der Waals surface area contributed by atoms with Gasteiger partial charge in [0.25, 0.3) is 0 Å². The molecule has 0 saturated carbocycles. The van der Waals surface area contributed by atoms with E-state index in [4.69, 9.17) is 9.47 Å². The topological polar surface area (TPSA) is 81.3 Å². The van der Waals surface area contributed by atoms with E-state index in [0.29, 0.717) is 37.0 Å². The second-order valence-electron chi connectivity index (χ2n) is 5.49. The van der Waals surface area contributed by atoms with Crippen LogP contribution in [0.4, 0.5) is 0 Å². The van der Waals surface area contributed by atoms with E-state index in [2.05, 4.69) is 9.97 Å². The molecule has 7 heteroatoms. The second-order valence-corrected chi connectivity index (χ2v) is 7.79. The van der Waals surface area contributed by atoms with Gasteiger partial charge < -0.3 is 14.5 Å². The number of hydrogen-bond acceptors (Lipinski definition) is 5. The van der Waals surface area contributed by atoms with Gasteiger partial charge in [-0.05, 0) is 12.8 Å². The molecule has 2 aliphatic heterocycles. The van der Waals surface area contributed by atoms with E-state index in [9.17, 15) is 8.42 Å². The first-order valence-corrected chi connectivity index (χ1v) is 8.86. The van der Waals surface area contributed by atoms with Crippen LogP contribution in [0.15, 0.2) is 12.1 Å². The van der Waals surface area contributed by atoms with Crippen LogP contribution < -0.4 is 9.47 Å². The standard InChI is InChI=1S/C14H16N2O4S/c17-21(18)6-2-1-3-13(21)14-15-9-7-11-12(8-10(9)16-14)20-5-4-19-11/h7-8,13H,1-6H2,(H,15,16). The molecule has 0 aliphatic carbocycles. The van der Waals surface area contributed by atoms with Gasteiger partial charge in [0.2, 0.25) is 0 Å². The van der Waals surface area contributed by atoms with Crippen molar-refractivity contribution in [2.24, 2.45) is 0 Å². The lowest BCUT2D eigenvalue weighted by atomic mass is 10.2. The molecule has 1 saturated heterocycles. The van der Waals surface area contributed by atoms with Crippen LogP contribution in [0.5, 0.6) is 11.5 Å². The molecule has 21 heavy (non-hydrogen) atoms. The molecule has 112 valence electrons. The highest BCUT2D eigenvalue weighted by molar-refractivity contribution is 7.91. The van der Waals surface area contributed by atoms with E-state index in [-0.39, 0.29) is 5.75 Å². The van der Waals surface area contributed by atoms with E-state index < -0.39 is 15.1 Å². The van der Waals surface area contributed by atoms with E-state index in [1.54, 1.807) is 6.07 Å². The molecule has 1 aromatic carbocycles. The molecule has 0 bridgehead atoms. The summed E-state index contributed by atoms with van der Waals surface area (Å²) in [5.41, 5.74) is 1.50. The van der Waals surface area contributed by atoms with Crippen molar-refractivity contribution < 1.29 is 17.9 Å². The third-order valence-electron chi connectivity index (χ3n) is 4.05. The predicted octanol–water partition coefficient (Wildman–Crippen LogP) is 1.97. The summed E-state index contributed by atoms with van der Waals surface area (Å²) in [7, 11) is -3.10. The van der Waals surface area contributed by atoms with Crippen molar-refractivity contribution in [1.29, 1.82) is 0 Å². The number of rotatable bonds is 1. The maximum atomic E-state index is 12.2. The number of imidazole rings is 1. The number of aromatic amines is 1. The summed E-state index contributed by atoms with van der Waals surface area (Å²) < 4.78 is 35.5. The van der Waals surface area contributed by atoms with E-state index >= 15 is 0 Å². The number of benzene rings is 1. The Kier molecular flexibility index (Phi) is 2.85. The molecule has 2 aliphatic rings. The molecule has 1 N–H and O–H groups in total. The molecule has 1 atom stereocenters. The molecule has 6 nitrogen and oxygen atoms in total. The van der Waals surface area contributed by atoms with Gasteiger partial charge in [0, 0.05) is 12.1 Å². The highest BCUT2D eigenvalue weighted by Gasteiger charge is 2.32. The summed E-state index contributed by atoms with van der Waals surface area (Å²) in [4.78, 5) is 7.62. The smallest absolute Gasteiger partial charge is 0.163 e. The lowest BCUT2D eigenvalue weighted by Gasteiger charge is -2.20. The number of H-pyrrole nitrogens is 1. The molecule has 3 heterocycles. The van der Waals surface area contributed by atoms with E-state index in [1.165, 1.54) is 0 Å². The zero-order valence-electron chi connectivity index (χ0n) is 11.5. The minimum atomic E-state index is -3.10. The molecule has 0 amide bonds. The van der Waals surface area contributed by atoms with Crippen molar-refractivity contribution in [3.8, 4) is 11.5 Å². The van der Waals surface area contributed by atoms with Gasteiger partial charge in [0.15, 0.2) is 21.3 Å². The molecule has 0 spiro atoms. The molecule has 4 rings (SSSR count). The van der Waals surface area contributed by atoms with Crippen molar-refractivity contribution in [2.45, 2.75) is 24.5 Å². The average Bonchev–Trinajstić information content (AvgIpc) is 2.86. The Labute approximate surface area is 122 Å². The first kappa shape index (κ1) is 12.9. The molecule has 1 fully saturated rings. The second kappa shape index (κ2) is 4.62. The number of nitrogens with one attached hydrogen (secondary N) is 1. The van der Waals surface area contributed by atoms with E-state index in [0.717, 1.165) is 23.9 Å². The number of ether oxygens (including phenoxy) is 2. The van der Waals surface area contributed by atoms with Crippen LogP contribution in [-0.2, 0) is 9.84 Å². The third kappa shape index (κ3) is 2.16. The third-order valence-corrected chi connectivity index (χ3v) is 6.23. The Hall–Kier alpha value is -1.76. The van der Waals surface area contributed by atoms with Crippen molar-refractivity contribution in [1.82, 2.24) is 9.97 Å². The zero-order chi connectivity index (χ0) is 14.4. The number of fused-ring (bicyclic) bond motifs is 2. The fourth-order valence-corrected chi connectivity index (χ4v) is 4.85. The van der Waals surface area contributed by atoms with Crippen LogP contribution in [-0.4, -0.2) is 37.4 Å². The maximum Gasteiger partial charge on any atom is 0.163 e. The first-order chi connectivity index (χ1) is 10.1. The monoisotopic (exact) mass is 308 g/mol. The largest absolute Gasteiger partial charge is 0.486 e. The number of nitrogens with zero attached hydrogens (tertiary/aromatic N) is 1. The van der Waals surface area contributed by atoms with Crippen LogP contribution in [0.3, 0.4) is 0 Å². The lowest BCUT2D eigenvalue weighted by molar-refractivity contribution is 0.172. The van der Waals surface area contributed by atoms with E-state index in [1.807, 2.05) is 6.07 Å². The van der Waals surface area contributed by atoms with Crippen molar-refractivity contribution >= 4 is 20.9 Å². The SMILES string of the molecule is O=S1(=O)CCCCC1c1nc2cc3c(cc2[nH]1)OCCO3. The van der Waals surface area contributed by atoms with Crippen LogP contribution >= 0.6 is 0 Å². The number of aromatic nitrogens is 2. The lowest BCUT2D eigenvalue weighted by Crippen LogP contribution is -2.22. The molecule has 1 unspecified atom stereocenters. The molecule has 2 aromatic rings. The predicted molar refractivity (Wildman–Crippen MR) is 77.5 cm³/mol.